The Labute approximate surface area is 57.8 Å². The quantitative estimate of drug-likeness (QED) is 0.521. The fraction of sp³-hybridized carbons (Fsp3) is 1.00. The first-order chi connectivity index (χ1) is 4.30. The van der Waals surface area contributed by atoms with Crippen molar-refractivity contribution in [3.63, 3.8) is 0 Å². The van der Waals surface area contributed by atoms with Gasteiger partial charge in [0.1, 0.15) is 0 Å². The van der Waals surface area contributed by atoms with E-state index in [1.54, 1.807) is 0 Å². The summed E-state index contributed by atoms with van der Waals surface area (Å²) in [6.07, 6.45) is 2.78. The SMILES string of the molecule is C[C@@H]1CNCCC[C@@H]1C. The predicted molar refractivity (Wildman–Crippen MR) is 40.4 cm³/mol. The maximum absolute atomic E-state index is 3.43. The molecule has 9 heavy (non-hydrogen) atoms. The van der Waals surface area contributed by atoms with Gasteiger partial charge in [-0.05, 0) is 37.8 Å². The van der Waals surface area contributed by atoms with Crippen LogP contribution in [-0.4, -0.2) is 13.1 Å². The monoisotopic (exact) mass is 127 g/mol. The van der Waals surface area contributed by atoms with Gasteiger partial charge in [0.25, 0.3) is 0 Å². The van der Waals surface area contributed by atoms with Gasteiger partial charge in [0.2, 0.25) is 0 Å². The van der Waals surface area contributed by atoms with Gasteiger partial charge < -0.3 is 5.32 Å². The Bertz CT molecular complexity index is 70.6. The van der Waals surface area contributed by atoms with Crippen LogP contribution in [0.25, 0.3) is 0 Å². The van der Waals surface area contributed by atoms with Gasteiger partial charge in [0.05, 0.1) is 0 Å². The van der Waals surface area contributed by atoms with Crippen molar-refractivity contribution < 1.29 is 0 Å². The molecule has 0 aromatic carbocycles. The molecular formula is C8H17N. The highest BCUT2D eigenvalue weighted by Crippen LogP contribution is 2.17. The van der Waals surface area contributed by atoms with Crippen LogP contribution in [0.2, 0.25) is 0 Å². The second-order valence-electron chi connectivity index (χ2n) is 3.30. The van der Waals surface area contributed by atoms with Crippen LogP contribution in [-0.2, 0) is 0 Å². The molecule has 1 rings (SSSR count). The van der Waals surface area contributed by atoms with Gasteiger partial charge in [-0.2, -0.15) is 0 Å². The Hall–Kier alpha value is -0.0400. The summed E-state index contributed by atoms with van der Waals surface area (Å²) in [7, 11) is 0. The molecule has 0 amide bonds. The van der Waals surface area contributed by atoms with Gasteiger partial charge in [0, 0.05) is 0 Å². The minimum Gasteiger partial charge on any atom is -0.316 e. The van der Waals surface area contributed by atoms with E-state index in [1.165, 1.54) is 25.9 Å². The minimum absolute atomic E-state index is 0.882. The molecular weight excluding hydrogens is 110 g/mol. The third kappa shape index (κ3) is 1.98. The lowest BCUT2D eigenvalue weighted by molar-refractivity contribution is 0.383. The van der Waals surface area contributed by atoms with E-state index < -0.39 is 0 Å². The summed E-state index contributed by atoms with van der Waals surface area (Å²) in [4.78, 5) is 0. The number of hydrogen-bond acceptors (Lipinski definition) is 1. The van der Waals surface area contributed by atoms with Crippen molar-refractivity contribution in [3.8, 4) is 0 Å². The maximum Gasteiger partial charge on any atom is -0.00206 e. The van der Waals surface area contributed by atoms with Gasteiger partial charge in [-0.25, -0.2) is 0 Å². The van der Waals surface area contributed by atoms with E-state index in [2.05, 4.69) is 19.2 Å². The first kappa shape index (κ1) is 7.07. The van der Waals surface area contributed by atoms with Crippen LogP contribution < -0.4 is 5.32 Å². The van der Waals surface area contributed by atoms with Crippen LogP contribution >= 0.6 is 0 Å². The van der Waals surface area contributed by atoms with Crippen LogP contribution in [0.5, 0.6) is 0 Å². The van der Waals surface area contributed by atoms with Crippen molar-refractivity contribution in [2.45, 2.75) is 26.7 Å². The standard InChI is InChI=1S/C8H17N/c1-7-4-3-5-9-6-8(7)2/h7-9H,3-6H2,1-2H3/t7-,8+/m0/s1. The third-order valence-electron chi connectivity index (χ3n) is 2.45. The first-order valence-corrected chi connectivity index (χ1v) is 4.01. The first-order valence-electron chi connectivity index (χ1n) is 4.01. The molecule has 1 aliphatic heterocycles. The predicted octanol–water partition coefficient (Wildman–Crippen LogP) is 1.64. The summed E-state index contributed by atoms with van der Waals surface area (Å²) in [6, 6.07) is 0. The van der Waals surface area contributed by atoms with E-state index in [9.17, 15) is 0 Å². The van der Waals surface area contributed by atoms with E-state index in [1.807, 2.05) is 0 Å². The molecule has 1 heteroatoms. The lowest BCUT2D eigenvalue weighted by atomic mass is 9.93. The molecule has 0 spiro atoms. The molecule has 0 radical (unpaired) electrons. The number of nitrogens with one attached hydrogen (secondary N) is 1. The van der Waals surface area contributed by atoms with Crippen LogP contribution in [0, 0.1) is 11.8 Å². The van der Waals surface area contributed by atoms with E-state index in [-0.39, 0.29) is 0 Å². The van der Waals surface area contributed by atoms with E-state index in [0.29, 0.717) is 0 Å². The molecule has 0 aromatic heterocycles. The minimum atomic E-state index is 0.882. The Kier molecular flexibility index (Phi) is 2.52. The van der Waals surface area contributed by atoms with Crippen molar-refractivity contribution in [3.05, 3.63) is 0 Å². The van der Waals surface area contributed by atoms with E-state index in [4.69, 9.17) is 0 Å². The molecule has 1 saturated heterocycles. The highest BCUT2D eigenvalue weighted by molar-refractivity contribution is 4.68. The Morgan fingerprint density at radius 1 is 1.22 bits per heavy atom. The molecule has 0 bridgehead atoms. The molecule has 0 saturated carbocycles. The summed E-state index contributed by atoms with van der Waals surface area (Å²) >= 11 is 0. The topological polar surface area (TPSA) is 12.0 Å². The molecule has 0 aliphatic carbocycles. The molecule has 1 nitrogen and oxygen atoms in total. The van der Waals surface area contributed by atoms with E-state index >= 15 is 0 Å². The molecule has 1 N–H and O–H groups in total. The van der Waals surface area contributed by atoms with Crippen molar-refractivity contribution in [2.24, 2.45) is 11.8 Å². The zero-order chi connectivity index (χ0) is 6.69. The van der Waals surface area contributed by atoms with Gasteiger partial charge in [-0.3, -0.25) is 0 Å². The summed E-state index contributed by atoms with van der Waals surface area (Å²) in [5.41, 5.74) is 0. The zero-order valence-electron chi connectivity index (χ0n) is 6.48. The van der Waals surface area contributed by atoms with Gasteiger partial charge in [-0.1, -0.05) is 13.8 Å². The zero-order valence-corrected chi connectivity index (χ0v) is 6.48. The lowest BCUT2D eigenvalue weighted by Crippen LogP contribution is -2.21. The van der Waals surface area contributed by atoms with Gasteiger partial charge >= 0.3 is 0 Å². The average molecular weight is 127 g/mol. The van der Waals surface area contributed by atoms with Gasteiger partial charge in [0.15, 0.2) is 0 Å². The average Bonchev–Trinajstić information content (AvgIpc) is 1.99. The maximum atomic E-state index is 3.43. The molecule has 54 valence electrons. The fourth-order valence-electron chi connectivity index (χ4n) is 1.36. The van der Waals surface area contributed by atoms with Crippen molar-refractivity contribution in [2.75, 3.05) is 13.1 Å². The second-order valence-corrected chi connectivity index (χ2v) is 3.30. The summed E-state index contributed by atoms with van der Waals surface area (Å²) in [6.45, 7) is 7.15. The van der Waals surface area contributed by atoms with Gasteiger partial charge in [-0.15, -0.1) is 0 Å². The Morgan fingerprint density at radius 2 is 2.00 bits per heavy atom. The van der Waals surface area contributed by atoms with Crippen molar-refractivity contribution in [1.29, 1.82) is 0 Å². The van der Waals surface area contributed by atoms with Crippen molar-refractivity contribution >= 4 is 0 Å². The Morgan fingerprint density at radius 3 is 2.78 bits per heavy atom. The summed E-state index contributed by atoms with van der Waals surface area (Å²) < 4.78 is 0. The number of hydrogen-bond donors (Lipinski definition) is 1. The lowest BCUT2D eigenvalue weighted by Gasteiger charge is -2.14. The highest BCUT2D eigenvalue weighted by Gasteiger charge is 2.13. The normalized spacial score (nSPS) is 38.0. The molecule has 1 heterocycles. The fourth-order valence-corrected chi connectivity index (χ4v) is 1.36. The molecule has 1 aliphatic rings. The van der Waals surface area contributed by atoms with E-state index in [0.717, 1.165) is 11.8 Å². The molecule has 0 aromatic rings. The van der Waals surface area contributed by atoms with Crippen LogP contribution in [0.4, 0.5) is 0 Å². The van der Waals surface area contributed by atoms with Crippen LogP contribution in [0.1, 0.15) is 26.7 Å². The number of rotatable bonds is 0. The Balaban J connectivity index is 2.32. The largest absolute Gasteiger partial charge is 0.316 e. The van der Waals surface area contributed by atoms with Crippen molar-refractivity contribution in [1.82, 2.24) is 5.32 Å². The third-order valence-corrected chi connectivity index (χ3v) is 2.45. The molecule has 0 unspecified atom stereocenters. The van der Waals surface area contributed by atoms with Crippen LogP contribution in [0.3, 0.4) is 0 Å². The smallest absolute Gasteiger partial charge is 0.00206 e. The highest BCUT2D eigenvalue weighted by atomic mass is 14.9. The molecule has 1 fully saturated rings. The van der Waals surface area contributed by atoms with Crippen LogP contribution in [0.15, 0.2) is 0 Å². The summed E-state index contributed by atoms with van der Waals surface area (Å²) in [5, 5.41) is 3.43. The molecule has 2 atom stereocenters. The summed E-state index contributed by atoms with van der Waals surface area (Å²) in [5.74, 6) is 1.81. The second kappa shape index (κ2) is 3.21.